The fraction of sp³-hybridized carbons (Fsp3) is 0.0556. The molecule has 5 nitrogen and oxygen atoms in total. The van der Waals surface area contributed by atoms with Crippen LogP contribution in [0.25, 0.3) is 21.8 Å². The first-order valence-corrected chi connectivity index (χ1v) is 7.29. The summed E-state index contributed by atoms with van der Waals surface area (Å²) in [5.74, 6) is 0. The lowest BCUT2D eigenvalue weighted by Crippen LogP contribution is -2.27. The molecule has 5 heteroatoms. The number of H-pyrrole nitrogens is 1. The number of aromatic nitrogens is 3. The number of fused-ring (bicyclic) bond motifs is 2. The number of para-hydroxylation sites is 1. The van der Waals surface area contributed by atoms with Crippen molar-refractivity contribution < 1.29 is 0 Å². The van der Waals surface area contributed by atoms with E-state index in [1.807, 2.05) is 42.5 Å². The second-order valence-electron chi connectivity index (χ2n) is 5.38. The molecule has 0 spiro atoms. The van der Waals surface area contributed by atoms with Crippen LogP contribution in [-0.2, 0) is 6.54 Å². The van der Waals surface area contributed by atoms with E-state index < -0.39 is 0 Å². The van der Waals surface area contributed by atoms with E-state index in [0.717, 1.165) is 5.56 Å². The normalized spacial score (nSPS) is 11.1. The van der Waals surface area contributed by atoms with Crippen LogP contribution < -0.4 is 11.0 Å². The lowest BCUT2D eigenvalue weighted by molar-refractivity contribution is 0.646. The first kappa shape index (κ1) is 13.5. The zero-order valence-corrected chi connectivity index (χ0v) is 12.2. The van der Waals surface area contributed by atoms with Crippen molar-refractivity contribution in [2.24, 2.45) is 0 Å². The average Bonchev–Trinajstić information content (AvgIpc) is 2.58. The highest BCUT2D eigenvalue weighted by molar-refractivity contribution is 5.91. The lowest BCUT2D eigenvalue weighted by atomic mass is 10.1. The third kappa shape index (κ3) is 2.23. The Morgan fingerprint density at radius 3 is 2.48 bits per heavy atom. The Morgan fingerprint density at radius 2 is 1.65 bits per heavy atom. The maximum atomic E-state index is 12.7. The highest BCUT2D eigenvalue weighted by Gasteiger charge is 2.11. The summed E-state index contributed by atoms with van der Waals surface area (Å²) in [4.78, 5) is 28.4. The van der Waals surface area contributed by atoms with Crippen molar-refractivity contribution in [3.63, 3.8) is 0 Å². The highest BCUT2D eigenvalue weighted by atomic mass is 16.1. The van der Waals surface area contributed by atoms with E-state index in [1.165, 1.54) is 10.9 Å². The molecule has 112 valence electrons. The highest BCUT2D eigenvalue weighted by Crippen LogP contribution is 2.11. The molecule has 0 bridgehead atoms. The van der Waals surface area contributed by atoms with Gasteiger partial charge < -0.3 is 4.98 Å². The number of aromatic amines is 1. The average molecular weight is 303 g/mol. The number of hydrogen-bond donors (Lipinski definition) is 1. The summed E-state index contributed by atoms with van der Waals surface area (Å²) in [6, 6.07) is 16.7. The van der Waals surface area contributed by atoms with Crippen molar-refractivity contribution in [2.45, 2.75) is 6.54 Å². The first-order chi connectivity index (χ1) is 11.2. The zero-order valence-electron chi connectivity index (χ0n) is 12.2. The van der Waals surface area contributed by atoms with Crippen molar-refractivity contribution in [3.8, 4) is 0 Å². The maximum absolute atomic E-state index is 12.7. The molecule has 0 fully saturated rings. The van der Waals surface area contributed by atoms with Gasteiger partial charge >= 0.3 is 0 Å². The number of nitrogens with zero attached hydrogens (tertiary/aromatic N) is 2. The first-order valence-electron chi connectivity index (χ1n) is 7.29. The molecule has 0 aliphatic heterocycles. The SMILES string of the molecule is O=c1c2ccccc2[nH]c2cnn(Cc3ccccc3)c(=O)c12. The van der Waals surface area contributed by atoms with E-state index in [9.17, 15) is 9.59 Å². The van der Waals surface area contributed by atoms with E-state index >= 15 is 0 Å². The fourth-order valence-electron chi connectivity index (χ4n) is 2.74. The number of hydrogen-bond acceptors (Lipinski definition) is 3. The van der Waals surface area contributed by atoms with Crippen LogP contribution in [0.2, 0.25) is 0 Å². The molecule has 4 aromatic rings. The standard InChI is InChI=1S/C18H13N3O2/c22-17-13-8-4-5-9-14(13)20-15-10-19-21(18(23)16(15)17)11-12-6-2-1-3-7-12/h1-10H,11H2,(H,20,22). The molecule has 0 saturated carbocycles. The van der Waals surface area contributed by atoms with Crippen molar-refractivity contribution in [2.75, 3.05) is 0 Å². The van der Waals surface area contributed by atoms with Gasteiger partial charge in [0.15, 0.2) is 0 Å². The predicted octanol–water partition coefficient (Wildman–Crippen LogP) is 2.29. The van der Waals surface area contributed by atoms with Crippen LogP contribution in [0.5, 0.6) is 0 Å². The maximum Gasteiger partial charge on any atom is 0.280 e. The third-order valence-corrected chi connectivity index (χ3v) is 3.89. The van der Waals surface area contributed by atoms with Crippen LogP contribution in [0.1, 0.15) is 5.56 Å². The molecule has 0 saturated heterocycles. The van der Waals surface area contributed by atoms with Gasteiger partial charge in [0.25, 0.3) is 5.56 Å². The zero-order chi connectivity index (χ0) is 15.8. The van der Waals surface area contributed by atoms with Gasteiger partial charge in [0.2, 0.25) is 5.43 Å². The largest absolute Gasteiger partial charge is 0.353 e. The Kier molecular flexibility index (Phi) is 3.05. The van der Waals surface area contributed by atoms with Gasteiger partial charge in [0.05, 0.1) is 18.3 Å². The molecule has 0 aliphatic carbocycles. The number of pyridine rings is 1. The Labute approximate surface area is 130 Å². The Bertz CT molecular complexity index is 1130. The molecule has 0 radical (unpaired) electrons. The van der Waals surface area contributed by atoms with E-state index in [0.29, 0.717) is 23.0 Å². The summed E-state index contributed by atoms with van der Waals surface area (Å²) in [5.41, 5.74) is 1.48. The summed E-state index contributed by atoms with van der Waals surface area (Å²) in [6.45, 7) is 0.335. The van der Waals surface area contributed by atoms with Gasteiger partial charge in [-0.15, -0.1) is 0 Å². The minimum absolute atomic E-state index is 0.148. The predicted molar refractivity (Wildman–Crippen MR) is 89.7 cm³/mol. The number of rotatable bonds is 2. The molecule has 4 rings (SSSR count). The van der Waals surface area contributed by atoms with Crippen LogP contribution in [0, 0.1) is 0 Å². The minimum Gasteiger partial charge on any atom is -0.353 e. The van der Waals surface area contributed by atoms with Crippen molar-refractivity contribution in [1.82, 2.24) is 14.8 Å². The Balaban J connectivity index is 1.98. The molecule has 2 heterocycles. The van der Waals surface area contributed by atoms with Gasteiger partial charge in [-0.1, -0.05) is 42.5 Å². The van der Waals surface area contributed by atoms with Crippen LogP contribution in [0.4, 0.5) is 0 Å². The van der Waals surface area contributed by atoms with Gasteiger partial charge in [-0.05, 0) is 17.7 Å². The molecule has 0 unspecified atom stereocenters. The van der Waals surface area contributed by atoms with Crippen LogP contribution in [-0.4, -0.2) is 14.8 Å². The molecule has 0 atom stereocenters. The lowest BCUT2D eigenvalue weighted by Gasteiger charge is -2.07. The fourth-order valence-corrected chi connectivity index (χ4v) is 2.74. The van der Waals surface area contributed by atoms with Gasteiger partial charge in [-0.2, -0.15) is 5.10 Å². The second kappa shape index (κ2) is 5.21. The summed E-state index contributed by atoms with van der Waals surface area (Å²) >= 11 is 0. The Hall–Kier alpha value is -3.21. The molecular formula is C18H13N3O2. The van der Waals surface area contributed by atoms with E-state index in [1.54, 1.807) is 12.1 Å². The molecule has 2 aromatic carbocycles. The smallest absolute Gasteiger partial charge is 0.280 e. The monoisotopic (exact) mass is 303 g/mol. The van der Waals surface area contributed by atoms with Crippen LogP contribution >= 0.6 is 0 Å². The van der Waals surface area contributed by atoms with Crippen LogP contribution in [0.3, 0.4) is 0 Å². The van der Waals surface area contributed by atoms with Crippen molar-refractivity contribution in [1.29, 1.82) is 0 Å². The molecule has 1 N–H and O–H groups in total. The molecule has 23 heavy (non-hydrogen) atoms. The summed E-state index contributed by atoms with van der Waals surface area (Å²) in [7, 11) is 0. The topological polar surface area (TPSA) is 67.8 Å². The van der Waals surface area contributed by atoms with Gasteiger partial charge in [-0.25, -0.2) is 4.68 Å². The molecule has 0 aliphatic rings. The Morgan fingerprint density at radius 1 is 0.913 bits per heavy atom. The summed E-state index contributed by atoms with van der Waals surface area (Å²) in [5, 5.41) is 4.84. The van der Waals surface area contributed by atoms with Gasteiger partial charge in [0.1, 0.15) is 5.39 Å². The summed E-state index contributed by atoms with van der Waals surface area (Å²) < 4.78 is 1.32. The molecule has 2 aromatic heterocycles. The van der Waals surface area contributed by atoms with Crippen molar-refractivity contribution >= 4 is 21.8 Å². The van der Waals surface area contributed by atoms with Gasteiger partial charge in [-0.3, -0.25) is 9.59 Å². The minimum atomic E-state index is -0.377. The van der Waals surface area contributed by atoms with Gasteiger partial charge in [0, 0.05) is 10.9 Å². The molecular weight excluding hydrogens is 290 g/mol. The number of nitrogens with one attached hydrogen (secondary N) is 1. The quantitative estimate of drug-likeness (QED) is 0.578. The third-order valence-electron chi connectivity index (χ3n) is 3.89. The van der Waals surface area contributed by atoms with E-state index in [4.69, 9.17) is 0 Å². The van der Waals surface area contributed by atoms with E-state index in [-0.39, 0.29) is 16.4 Å². The van der Waals surface area contributed by atoms with Crippen LogP contribution in [0.15, 0.2) is 70.4 Å². The van der Waals surface area contributed by atoms with Crippen molar-refractivity contribution in [3.05, 3.63) is 86.9 Å². The molecule has 0 amide bonds. The summed E-state index contributed by atoms with van der Waals surface area (Å²) in [6.07, 6.45) is 1.54. The van der Waals surface area contributed by atoms with E-state index in [2.05, 4.69) is 10.1 Å². The second-order valence-corrected chi connectivity index (χ2v) is 5.38. The number of benzene rings is 2.